The van der Waals surface area contributed by atoms with Gasteiger partial charge in [0, 0.05) is 23.8 Å². The van der Waals surface area contributed by atoms with Crippen LogP contribution in [0.3, 0.4) is 0 Å². The van der Waals surface area contributed by atoms with Crippen LogP contribution in [-0.2, 0) is 22.7 Å². The second kappa shape index (κ2) is 6.66. The standard InChI is InChI=1S/C16H13ClN2O4/c17-11-4-5-13-14(9-11)23-16(21)19(13)8-6-15(20)22-10-12-3-1-2-7-18-12/h1-5,7,9H,6,8,10H2. The highest BCUT2D eigenvalue weighted by Crippen LogP contribution is 2.18. The van der Waals surface area contributed by atoms with E-state index in [0.29, 0.717) is 21.8 Å². The van der Waals surface area contributed by atoms with Crippen molar-refractivity contribution in [2.45, 2.75) is 19.6 Å². The summed E-state index contributed by atoms with van der Waals surface area (Å²) in [7, 11) is 0. The quantitative estimate of drug-likeness (QED) is 0.672. The molecule has 0 saturated heterocycles. The van der Waals surface area contributed by atoms with E-state index in [1.165, 1.54) is 4.57 Å². The van der Waals surface area contributed by atoms with E-state index in [2.05, 4.69) is 4.98 Å². The molecule has 6 nitrogen and oxygen atoms in total. The maximum absolute atomic E-state index is 11.8. The zero-order chi connectivity index (χ0) is 16.2. The Hall–Kier alpha value is -2.60. The molecule has 0 fully saturated rings. The van der Waals surface area contributed by atoms with Crippen LogP contribution in [0.15, 0.2) is 51.8 Å². The van der Waals surface area contributed by atoms with Gasteiger partial charge >= 0.3 is 11.7 Å². The summed E-state index contributed by atoms with van der Waals surface area (Å²) in [5.41, 5.74) is 1.66. The second-order valence-electron chi connectivity index (χ2n) is 4.86. The van der Waals surface area contributed by atoms with Crippen molar-refractivity contribution in [1.82, 2.24) is 9.55 Å². The minimum absolute atomic E-state index is 0.0595. The number of carbonyl (C=O) groups is 1. The molecule has 0 N–H and O–H groups in total. The summed E-state index contributed by atoms with van der Waals surface area (Å²) in [6.45, 7) is 0.283. The summed E-state index contributed by atoms with van der Waals surface area (Å²) < 4.78 is 11.6. The molecular formula is C16H13ClN2O4. The van der Waals surface area contributed by atoms with Gasteiger partial charge in [0.05, 0.1) is 17.6 Å². The smallest absolute Gasteiger partial charge is 0.419 e. The molecule has 3 rings (SSSR count). The van der Waals surface area contributed by atoms with Crippen molar-refractivity contribution in [2.75, 3.05) is 0 Å². The molecule has 2 heterocycles. The number of hydrogen-bond acceptors (Lipinski definition) is 5. The summed E-state index contributed by atoms with van der Waals surface area (Å²) in [5.74, 6) is -0.939. The molecule has 23 heavy (non-hydrogen) atoms. The molecule has 0 spiro atoms. The summed E-state index contributed by atoms with van der Waals surface area (Å²) in [4.78, 5) is 27.7. The Morgan fingerprint density at radius 3 is 2.96 bits per heavy atom. The van der Waals surface area contributed by atoms with E-state index < -0.39 is 11.7 Å². The maximum atomic E-state index is 11.8. The Morgan fingerprint density at radius 1 is 1.30 bits per heavy atom. The van der Waals surface area contributed by atoms with Crippen LogP contribution in [0.4, 0.5) is 0 Å². The first-order valence-electron chi connectivity index (χ1n) is 6.98. The molecule has 0 unspecified atom stereocenters. The predicted octanol–water partition coefficient (Wildman–Crippen LogP) is 2.78. The molecule has 0 aliphatic rings. The third-order valence-corrected chi connectivity index (χ3v) is 3.51. The van der Waals surface area contributed by atoms with E-state index in [1.54, 1.807) is 36.5 Å². The number of hydrogen-bond donors (Lipinski definition) is 0. The van der Waals surface area contributed by atoms with Gasteiger partial charge in [-0.25, -0.2) is 4.79 Å². The zero-order valence-electron chi connectivity index (χ0n) is 12.1. The van der Waals surface area contributed by atoms with Gasteiger partial charge in [-0.2, -0.15) is 0 Å². The molecule has 0 aliphatic heterocycles. The average molecular weight is 333 g/mol. The normalized spacial score (nSPS) is 10.8. The van der Waals surface area contributed by atoms with Gasteiger partial charge in [-0.15, -0.1) is 0 Å². The minimum Gasteiger partial charge on any atom is -0.459 e. The van der Waals surface area contributed by atoms with Crippen LogP contribution in [0.2, 0.25) is 5.02 Å². The van der Waals surface area contributed by atoms with Crippen LogP contribution < -0.4 is 5.76 Å². The molecule has 0 radical (unpaired) electrons. The largest absolute Gasteiger partial charge is 0.459 e. The first-order valence-corrected chi connectivity index (χ1v) is 7.36. The van der Waals surface area contributed by atoms with Crippen LogP contribution in [-0.4, -0.2) is 15.5 Å². The molecule has 0 atom stereocenters. The molecular weight excluding hydrogens is 320 g/mol. The molecule has 0 aliphatic carbocycles. The summed E-state index contributed by atoms with van der Waals surface area (Å²) in [6, 6.07) is 10.3. The second-order valence-corrected chi connectivity index (χ2v) is 5.30. The third-order valence-electron chi connectivity index (χ3n) is 3.28. The fourth-order valence-corrected chi connectivity index (χ4v) is 2.33. The van der Waals surface area contributed by atoms with Crippen LogP contribution in [0.5, 0.6) is 0 Å². The molecule has 7 heteroatoms. The lowest BCUT2D eigenvalue weighted by molar-refractivity contribution is -0.145. The van der Waals surface area contributed by atoms with Gasteiger partial charge in [0.2, 0.25) is 0 Å². The van der Waals surface area contributed by atoms with Gasteiger partial charge in [0.1, 0.15) is 6.61 Å². The number of ether oxygens (including phenoxy) is 1. The number of pyridine rings is 1. The Kier molecular flexibility index (Phi) is 4.43. The van der Waals surface area contributed by atoms with Crippen molar-refractivity contribution in [3.63, 3.8) is 0 Å². The van der Waals surface area contributed by atoms with Crippen molar-refractivity contribution in [2.24, 2.45) is 0 Å². The van der Waals surface area contributed by atoms with Gasteiger partial charge in [0.25, 0.3) is 0 Å². The van der Waals surface area contributed by atoms with Crippen molar-refractivity contribution in [3.8, 4) is 0 Å². The average Bonchev–Trinajstić information content (AvgIpc) is 2.86. The third kappa shape index (κ3) is 3.60. The van der Waals surface area contributed by atoms with E-state index in [-0.39, 0.29) is 19.6 Å². The summed E-state index contributed by atoms with van der Waals surface area (Å²) in [6.07, 6.45) is 1.69. The van der Waals surface area contributed by atoms with E-state index in [1.807, 2.05) is 6.07 Å². The number of nitrogens with zero attached hydrogens (tertiary/aromatic N) is 2. The number of rotatable bonds is 5. The van der Waals surface area contributed by atoms with Crippen LogP contribution in [0.1, 0.15) is 12.1 Å². The topological polar surface area (TPSA) is 74.3 Å². The Labute approximate surface area is 136 Å². The number of carbonyl (C=O) groups excluding carboxylic acids is 1. The van der Waals surface area contributed by atoms with E-state index in [0.717, 1.165) is 0 Å². The lowest BCUT2D eigenvalue weighted by atomic mass is 10.3. The number of fused-ring (bicyclic) bond motifs is 1. The summed E-state index contributed by atoms with van der Waals surface area (Å²) in [5, 5.41) is 0.480. The van der Waals surface area contributed by atoms with Gasteiger partial charge < -0.3 is 9.15 Å². The van der Waals surface area contributed by atoms with E-state index in [4.69, 9.17) is 20.8 Å². The molecule has 1 aromatic carbocycles. The van der Waals surface area contributed by atoms with Gasteiger partial charge in [-0.05, 0) is 24.3 Å². The van der Waals surface area contributed by atoms with Crippen LogP contribution in [0, 0.1) is 0 Å². The number of aromatic nitrogens is 2. The fraction of sp³-hybridized carbons (Fsp3) is 0.188. The van der Waals surface area contributed by atoms with Crippen molar-refractivity contribution in [3.05, 3.63) is 63.9 Å². The Bertz CT molecular complexity index is 886. The van der Waals surface area contributed by atoms with Crippen LogP contribution >= 0.6 is 11.6 Å². The Balaban J connectivity index is 1.63. The summed E-state index contributed by atoms with van der Waals surface area (Å²) >= 11 is 5.86. The number of oxazole rings is 1. The molecule has 2 aromatic heterocycles. The minimum atomic E-state index is -0.528. The Morgan fingerprint density at radius 2 is 2.17 bits per heavy atom. The highest BCUT2D eigenvalue weighted by molar-refractivity contribution is 6.31. The predicted molar refractivity (Wildman–Crippen MR) is 84.1 cm³/mol. The molecule has 118 valence electrons. The van der Waals surface area contributed by atoms with Crippen molar-refractivity contribution >= 4 is 28.7 Å². The highest BCUT2D eigenvalue weighted by atomic mass is 35.5. The van der Waals surface area contributed by atoms with Gasteiger partial charge in [-0.3, -0.25) is 14.3 Å². The van der Waals surface area contributed by atoms with Crippen LogP contribution in [0.25, 0.3) is 11.1 Å². The van der Waals surface area contributed by atoms with Gasteiger partial charge in [0.15, 0.2) is 5.58 Å². The number of halogens is 1. The first kappa shape index (κ1) is 15.3. The molecule has 0 saturated carbocycles. The first-order chi connectivity index (χ1) is 11.1. The van der Waals surface area contributed by atoms with E-state index >= 15 is 0 Å². The molecule has 0 amide bonds. The molecule has 3 aromatic rings. The number of benzene rings is 1. The fourth-order valence-electron chi connectivity index (χ4n) is 2.17. The monoisotopic (exact) mass is 332 g/mol. The number of aryl methyl sites for hydroxylation is 1. The van der Waals surface area contributed by atoms with Gasteiger partial charge in [-0.1, -0.05) is 17.7 Å². The van der Waals surface area contributed by atoms with Crippen molar-refractivity contribution in [1.29, 1.82) is 0 Å². The van der Waals surface area contributed by atoms with Crippen molar-refractivity contribution < 1.29 is 13.9 Å². The highest BCUT2D eigenvalue weighted by Gasteiger charge is 2.12. The lowest BCUT2D eigenvalue weighted by Gasteiger charge is -2.05. The molecule has 0 bridgehead atoms. The van der Waals surface area contributed by atoms with E-state index in [9.17, 15) is 9.59 Å². The zero-order valence-corrected chi connectivity index (χ0v) is 12.8. The number of esters is 1. The maximum Gasteiger partial charge on any atom is 0.419 e. The lowest BCUT2D eigenvalue weighted by Crippen LogP contribution is -2.17. The SMILES string of the molecule is O=C(CCn1c(=O)oc2cc(Cl)ccc21)OCc1ccccn1.